The summed E-state index contributed by atoms with van der Waals surface area (Å²) in [6.45, 7) is 9.94. The van der Waals surface area contributed by atoms with Gasteiger partial charge in [-0.2, -0.15) is 0 Å². The summed E-state index contributed by atoms with van der Waals surface area (Å²) in [4.78, 5) is 15.2. The zero-order chi connectivity index (χ0) is 23.5. The first-order valence-corrected chi connectivity index (χ1v) is 13.0. The normalized spacial score (nSPS) is 13.8. The van der Waals surface area contributed by atoms with E-state index in [0.29, 0.717) is 18.1 Å². The van der Waals surface area contributed by atoms with Gasteiger partial charge < -0.3 is 19.4 Å². The highest BCUT2D eigenvalue weighted by Crippen LogP contribution is 2.26. The Bertz CT molecular complexity index is 851. The molecule has 0 saturated carbocycles. The molecule has 1 amide bonds. The number of benzene rings is 1. The third kappa shape index (κ3) is 8.22. The van der Waals surface area contributed by atoms with Crippen LogP contribution >= 0.6 is 0 Å². The van der Waals surface area contributed by atoms with Crippen LogP contribution < -0.4 is 10.1 Å². The van der Waals surface area contributed by atoms with E-state index in [1.165, 1.54) is 62.5 Å². The number of amides is 1. The summed E-state index contributed by atoms with van der Waals surface area (Å²) in [5, 5.41) is 3.11. The van der Waals surface area contributed by atoms with Gasteiger partial charge in [0, 0.05) is 12.6 Å². The highest BCUT2D eigenvalue weighted by atomic mass is 16.5. The van der Waals surface area contributed by atoms with Crippen LogP contribution in [0.3, 0.4) is 0 Å². The van der Waals surface area contributed by atoms with E-state index < -0.39 is 0 Å². The molecule has 1 heterocycles. The predicted molar refractivity (Wildman–Crippen MR) is 134 cm³/mol. The summed E-state index contributed by atoms with van der Waals surface area (Å²) in [5.74, 6) is 1.71. The summed E-state index contributed by atoms with van der Waals surface area (Å²) in [6, 6.07) is 9.95. The van der Waals surface area contributed by atoms with E-state index in [1.807, 2.05) is 12.1 Å². The number of fused-ring (bicyclic) bond motifs is 1. The largest absolute Gasteiger partial charge is 0.486 e. The molecule has 1 aliphatic rings. The van der Waals surface area contributed by atoms with E-state index in [2.05, 4.69) is 43.1 Å². The third-order valence-electron chi connectivity index (χ3n) is 6.40. The van der Waals surface area contributed by atoms with Crippen LogP contribution in [0.15, 0.2) is 34.7 Å². The molecule has 3 rings (SSSR count). The number of unbranched alkanes of at least 4 members (excludes halogenated alkanes) is 4. The topological polar surface area (TPSA) is 54.7 Å². The number of furan rings is 1. The van der Waals surface area contributed by atoms with E-state index >= 15 is 0 Å². The number of aryl methyl sites for hydroxylation is 2. The minimum Gasteiger partial charge on any atom is -0.486 e. The lowest BCUT2D eigenvalue weighted by Gasteiger charge is -2.26. The number of nitrogens with one attached hydrogen (secondary N) is 1. The average Bonchev–Trinajstić information content (AvgIpc) is 3.47. The van der Waals surface area contributed by atoms with Gasteiger partial charge in [0.25, 0.3) is 5.91 Å². The quantitative estimate of drug-likeness (QED) is 0.328. The van der Waals surface area contributed by atoms with Crippen LogP contribution in [0.5, 0.6) is 5.75 Å². The molecule has 5 nitrogen and oxygen atoms in total. The van der Waals surface area contributed by atoms with Crippen LogP contribution in [0, 0.1) is 0 Å². The van der Waals surface area contributed by atoms with Crippen molar-refractivity contribution in [1.82, 2.24) is 10.2 Å². The summed E-state index contributed by atoms with van der Waals surface area (Å²) in [5.41, 5.74) is 2.82. The van der Waals surface area contributed by atoms with Crippen molar-refractivity contribution in [3.63, 3.8) is 0 Å². The molecule has 1 aliphatic carbocycles. The Kier molecular flexibility index (Phi) is 10.3. The molecule has 1 N–H and O–H groups in total. The smallest absolute Gasteiger partial charge is 0.287 e. The van der Waals surface area contributed by atoms with Crippen molar-refractivity contribution in [2.75, 3.05) is 19.6 Å². The van der Waals surface area contributed by atoms with Gasteiger partial charge in [0.05, 0.1) is 0 Å². The number of hydrogen-bond acceptors (Lipinski definition) is 4. The van der Waals surface area contributed by atoms with Crippen molar-refractivity contribution in [1.29, 1.82) is 0 Å². The van der Waals surface area contributed by atoms with Crippen molar-refractivity contribution in [3.8, 4) is 5.75 Å². The van der Waals surface area contributed by atoms with E-state index in [9.17, 15) is 4.79 Å². The van der Waals surface area contributed by atoms with E-state index in [1.54, 1.807) is 6.07 Å². The van der Waals surface area contributed by atoms with Crippen molar-refractivity contribution in [2.45, 2.75) is 91.2 Å². The second-order valence-electron chi connectivity index (χ2n) is 9.43. The Morgan fingerprint density at radius 2 is 1.76 bits per heavy atom. The first-order valence-electron chi connectivity index (χ1n) is 13.0. The Morgan fingerprint density at radius 1 is 1.03 bits per heavy atom. The van der Waals surface area contributed by atoms with Crippen LogP contribution in [0.4, 0.5) is 0 Å². The predicted octanol–water partition coefficient (Wildman–Crippen LogP) is 6.15. The summed E-state index contributed by atoms with van der Waals surface area (Å²) >= 11 is 0. The fraction of sp³-hybridized carbons (Fsp3) is 0.607. The average molecular weight is 455 g/mol. The lowest BCUT2D eigenvalue weighted by Crippen LogP contribution is -2.42. The number of ether oxygens (including phenoxy) is 1. The zero-order valence-corrected chi connectivity index (χ0v) is 20.8. The van der Waals surface area contributed by atoms with Crippen molar-refractivity contribution in [3.05, 3.63) is 53.0 Å². The minimum absolute atomic E-state index is 0.0666. The third-order valence-corrected chi connectivity index (χ3v) is 6.40. The van der Waals surface area contributed by atoms with Gasteiger partial charge in [-0.1, -0.05) is 45.6 Å². The van der Waals surface area contributed by atoms with Gasteiger partial charge in [-0.3, -0.25) is 4.79 Å². The molecule has 0 radical (unpaired) electrons. The maximum absolute atomic E-state index is 12.7. The fourth-order valence-corrected chi connectivity index (χ4v) is 4.56. The number of carbonyl (C=O) groups excluding carboxylic acids is 1. The maximum atomic E-state index is 12.7. The zero-order valence-electron chi connectivity index (χ0n) is 20.8. The number of hydrogen-bond donors (Lipinski definition) is 1. The highest BCUT2D eigenvalue weighted by Gasteiger charge is 2.17. The molecule has 2 aromatic rings. The molecule has 1 unspecified atom stereocenters. The van der Waals surface area contributed by atoms with E-state index in [4.69, 9.17) is 9.15 Å². The Balaban J connectivity index is 1.46. The minimum atomic E-state index is -0.159. The lowest BCUT2D eigenvalue weighted by atomic mass is 10.1. The van der Waals surface area contributed by atoms with Crippen LogP contribution in [0.2, 0.25) is 0 Å². The molecule has 0 bridgehead atoms. The monoisotopic (exact) mass is 454 g/mol. The fourth-order valence-electron chi connectivity index (χ4n) is 4.56. The first kappa shape index (κ1) is 25.4. The molecule has 0 aliphatic heterocycles. The number of nitrogens with zero attached hydrogens (tertiary/aromatic N) is 1. The molecular formula is C28H42N2O3. The molecular weight excluding hydrogens is 412 g/mol. The van der Waals surface area contributed by atoms with E-state index in [0.717, 1.165) is 31.8 Å². The molecule has 0 saturated heterocycles. The molecule has 0 spiro atoms. The first-order chi connectivity index (χ1) is 16.1. The molecule has 1 aromatic heterocycles. The van der Waals surface area contributed by atoms with Gasteiger partial charge in [0.2, 0.25) is 0 Å². The maximum Gasteiger partial charge on any atom is 0.287 e. The second kappa shape index (κ2) is 13.4. The van der Waals surface area contributed by atoms with Crippen LogP contribution in [0.1, 0.15) is 93.2 Å². The van der Waals surface area contributed by atoms with Crippen LogP contribution in [-0.2, 0) is 19.4 Å². The van der Waals surface area contributed by atoms with Crippen LogP contribution in [0.25, 0.3) is 0 Å². The Hall–Kier alpha value is -2.27. The highest BCUT2D eigenvalue weighted by molar-refractivity contribution is 5.91. The number of carbonyl (C=O) groups is 1. The molecule has 182 valence electrons. The molecule has 1 aromatic carbocycles. The van der Waals surface area contributed by atoms with Crippen LogP contribution in [-0.4, -0.2) is 36.5 Å². The molecule has 33 heavy (non-hydrogen) atoms. The van der Waals surface area contributed by atoms with Gasteiger partial charge in [0.1, 0.15) is 18.1 Å². The standard InChI is InChI=1S/C28H42N2O3/c1-4-6-8-17-30(18-9-7-5-2)20-22(3)29-28(31)27-16-15-26(33-27)21-32-25-14-13-23-11-10-12-24(23)19-25/h13-16,19,22H,4-12,17-18,20-21H2,1-3H3,(H,29,31). The van der Waals surface area contributed by atoms with E-state index in [-0.39, 0.29) is 11.9 Å². The van der Waals surface area contributed by atoms with Gasteiger partial charge in [-0.05, 0) is 87.5 Å². The summed E-state index contributed by atoms with van der Waals surface area (Å²) < 4.78 is 11.7. The molecule has 5 heteroatoms. The van der Waals surface area contributed by atoms with Crippen molar-refractivity contribution < 1.29 is 13.9 Å². The van der Waals surface area contributed by atoms with Crippen molar-refractivity contribution >= 4 is 5.91 Å². The summed E-state index contributed by atoms with van der Waals surface area (Å²) in [6.07, 6.45) is 10.9. The molecule has 1 atom stereocenters. The summed E-state index contributed by atoms with van der Waals surface area (Å²) in [7, 11) is 0. The van der Waals surface area contributed by atoms with Gasteiger partial charge in [0.15, 0.2) is 5.76 Å². The lowest BCUT2D eigenvalue weighted by molar-refractivity contribution is 0.0896. The van der Waals surface area contributed by atoms with Gasteiger partial charge in [-0.15, -0.1) is 0 Å². The Labute approximate surface area is 199 Å². The van der Waals surface area contributed by atoms with Gasteiger partial charge in [-0.25, -0.2) is 0 Å². The van der Waals surface area contributed by atoms with Crippen molar-refractivity contribution in [2.24, 2.45) is 0 Å². The number of rotatable bonds is 15. The SMILES string of the molecule is CCCCCN(CCCCC)CC(C)NC(=O)c1ccc(COc2ccc3c(c2)CCC3)o1. The second-order valence-corrected chi connectivity index (χ2v) is 9.43. The molecule has 0 fully saturated rings. The Morgan fingerprint density at radius 3 is 2.48 bits per heavy atom. The van der Waals surface area contributed by atoms with Gasteiger partial charge >= 0.3 is 0 Å².